The fourth-order valence-electron chi connectivity index (χ4n) is 2.88. The number of fused-ring (bicyclic) bond motifs is 1. The molecule has 1 aromatic carbocycles. The molecule has 0 atom stereocenters. The van der Waals surface area contributed by atoms with Crippen LogP contribution in [0.2, 0.25) is 0 Å². The van der Waals surface area contributed by atoms with Gasteiger partial charge in [-0.3, -0.25) is 4.79 Å². The van der Waals surface area contributed by atoms with Gasteiger partial charge in [-0.15, -0.1) is 23.1 Å². The van der Waals surface area contributed by atoms with Crippen LogP contribution in [0, 0.1) is 0 Å². The summed E-state index contributed by atoms with van der Waals surface area (Å²) < 4.78 is 1.02. The zero-order valence-electron chi connectivity index (χ0n) is 12.5. The number of thiophene rings is 1. The van der Waals surface area contributed by atoms with Gasteiger partial charge < -0.3 is 22.1 Å². The summed E-state index contributed by atoms with van der Waals surface area (Å²) in [6, 6.07) is 4.57. The first-order valence-corrected chi connectivity index (χ1v) is 9.25. The van der Waals surface area contributed by atoms with Crippen molar-refractivity contribution < 1.29 is 4.79 Å². The monoisotopic (exact) mass is 336 g/mol. The van der Waals surface area contributed by atoms with Crippen LogP contribution in [-0.4, -0.2) is 31.3 Å². The van der Waals surface area contributed by atoms with Gasteiger partial charge in [0.05, 0.1) is 5.69 Å². The van der Waals surface area contributed by atoms with Crippen molar-refractivity contribution in [1.29, 1.82) is 0 Å². The maximum Gasteiger partial charge on any atom is 0.260 e. The van der Waals surface area contributed by atoms with Gasteiger partial charge in [0, 0.05) is 39.8 Å². The Morgan fingerprint density at radius 2 is 2.05 bits per heavy atom. The fraction of sp³-hybridized carbons (Fsp3) is 0.400. The lowest BCUT2D eigenvalue weighted by atomic mass is 10.1. The Hall–Kier alpha value is -1.44. The first-order valence-electron chi connectivity index (χ1n) is 7.21. The zero-order valence-corrected chi connectivity index (χ0v) is 14.1. The summed E-state index contributed by atoms with van der Waals surface area (Å²) in [5.41, 5.74) is 19.2. The van der Waals surface area contributed by atoms with Crippen molar-refractivity contribution in [3.8, 4) is 0 Å². The average Bonchev–Trinajstić information content (AvgIpc) is 2.84. The molecule has 2 heterocycles. The van der Waals surface area contributed by atoms with E-state index in [4.69, 9.17) is 17.2 Å². The Balaban J connectivity index is 2.08. The molecule has 1 aliphatic rings. The number of rotatable bonds is 3. The highest BCUT2D eigenvalue weighted by molar-refractivity contribution is 7.98. The van der Waals surface area contributed by atoms with Gasteiger partial charge in [-0.25, -0.2) is 0 Å². The molecule has 0 saturated carbocycles. The van der Waals surface area contributed by atoms with E-state index in [1.54, 1.807) is 11.8 Å². The third-order valence-electron chi connectivity index (χ3n) is 4.13. The topological polar surface area (TPSA) is 98.4 Å². The van der Waals surface area contributed by atoms with Crippen molar-refractivity contribution in [3.05, 3.63) is 17.0 Å². The largest absolute Gasteiger partial charge is 0.397 e. The van der Waals surface area contributed by atoms with E-state index in [1.807, 2.05) is 6.26 Å². The van der Waals surface area contributed by atoms with Crippen molar-refractivity contribution in [1.82, 2.24) is 0 Å². The van der Waals surface area contributed by atoms with Gasteiger partial charge in [0.15, 0.2) is 0 Å². The van der Waals surface area contributed by atoms with E-state index in [2.05, 4.69) is 17.0 Å². The first-order chi connectivity index (χ1) is 10.5. The van der Waals surface area contributed by atoms with Crippen molar-refractivity contribution in [2.75, 3.05) is 30.0 Å². The average molecular weight is 336 g/mol. The van der Waals surface area contributed by atoms with Crippen LogP contribution in [0.25, 0.3) is 10.1 Å². The Morgan fingerprint density at radius 3 is 2.64 bits per heavy atom. The number of thioether (sulfide) groups is 1. The van der Waals surface area contributed by atoms with Crippen molar-refractivity contribution in [2.24, 2.45) is 11.5 Å². The van der Waals surface area contributed by atoms with Gasteiger partial charge in [0.2, 0.25) is 0 Å². The highest BCUT2D eigenvalue weighted by Gasteiger charge is 2.21. The second kappa shape index (κ2) is 5.98. The minimum Gasteiger partial charge on any atom is -0.397 e. The van der Waals surface area contributed by atoms with Crippen molar-refractivity contribution in [3.63, 3.8) is 0 Å². The number of hydrogen-bond donors (Lipinski definition) is 3. The maximum absolute atomic E-state index is 11.5. The third-order valence-corrected chi connectivity index (χ3v) is 6.05. The highest BCUT2D eigenvalue weighted by atomic mass is 32.2. The number of amides is 1. The molecular weight excluding hydrogens is 316 g/mol. The molecular formula is C15H20N4OS2. The molecule has 118 valence electrons. The summed E-state index contributed by atoms with van der Waals surface area (Å²) in [6.45, 7) is 1.92. The second-order valence-electron chi connectivity index (χ2n) is 5.55. The van der Waals surface area contributed by atoms with Crippen molar-refractivity contribution >= 4 is 50.5 Å². The molecule has 0 radical (unpaired) electrons. The minimum absolute atomic E-state index is 0.304. The molecule has 0 bridgehead atoms. The lowest BCUT2D eigenvalue weighted by Gasteiger charge is -2.32. The minimum atomic E-state index is -0.462. The highest BCUT2D eigenvalue weighted by Crippen LogP contribution is 2.42. The summed E-state index contributed by atoms with van der Waals surface area (Å²) in [4.78, 5) is 15.4. The van der Waals surface area contributed by atoms with Gasteiger partial charge in [-0.05, 0) is 31.2 Å². The van der Waals surface area contributed by atoms with Crippen LogP contribution < -0.4 is 22.1 Å². The van der Waals surface area contributed by atoms with Crippen LogP contribution in [0.15, 0.2) is 17.0 Å². The van der Waals surface area contributed by atoms with E-state index in [0.717, 1.165) is 40.9 Å². The molecule has 1 aliphatic heterocycles. The molecule has 1 fully saturated rings. The lowest BCUT2D eigenvalue weighted by molar-refractivity contribution is 0.100. The fourth-order valence-corrected chi connectivity index (χ4v) is 4.65. The number of hydrogen-bond acceptors (Lipinski definition) is 6. The number of nitrogens with zero attached hydrogens (tertiary/aromatic N) is 1. The predicted molar refractivity (Wildman–Crippen MR) is 96.0 cm³/mol. The Kier molecular flexibility index (Phi) is 4.20. The maximum atomic E-state index is 11.5. The smallest absolute Gasteiger partial charge is 0.260 e. The molecule has 1 amide bonds. The molecule has 1 aromatic heterocycles. The van der Waals surface area contributed by atoms with E-state index >= 15 is 0 Å². The van der Waals surface area contributed by atoms with Crippen LogP contribution >= 0.6 is 23.1 Å². The van der Waals surface area contributed by atoms with Gasteiger partial charge in [0.1, 0.15) is 4.88 Å². The van der Waals surface area contributed by atoms with Crippen molar-refractivity contribution in [2.45, 2.75) is 23.8 Å². The van der Waals surface area contributed by atoms with Gasteiger partial charge in [-0.2, -0.15) is 0 Å². The molecule has 7 heteroatoms. The first kappa shape index (κ1) is 15.5. The number of carbonyl (C=O) groups is 1. The van der Waals surface area contributed by atoms with Gasteiger partial charge in [-0.1, -0.05) is 0 Å². The standard InChI is InChI=1S/C15H20N4OS2/c1-21-10-6-9(19-4-2-8(16)3-5-19)7-11-12(10)13(17)14(22-11)15(18)20/h6-8H,2-5,16-17H2,1H3,(H2,18,20). The number of piperidine rings is 1. The molecule has 6 N–H and O–H groups in total. The van der Waals surface area contributed by atoms with Gasteiger partial charge in [0.25, 0.3) is 5.91 Å². The zero-order chi connectivity index (χ0) is 15.9. The predicted octanol–water partition coefficient (Wildman–Crippen LogP) is 2.23. The number of carbonyl (C=O) groups excluding carboxylic acids is 1. The number of anilines is 2. The van der Waals surface area contributed by atoms with Crippen LogP contribution in [0.4, 0.5) is 11.4 Å². The van der Waals surface area contributed by atoms with Gasteiger partial charge >= 0.3 is 0 Å². The summed E-state index contributed by atoms with van der Waals surface area (Å²) in [6.07, 6.45) is 4.03. The van der Waals surface area contributed by atoms with Crippen LogP contribution in [0.5, 0.6) is 0 Å². The molecule has 22 heavy (non-hydrogen) atoms. The molecule has 5 nitrogen and oxygen atoms in total. The van der Waals surface area contributed by atoms with Crippen LogP contribution in [-0.2, 0) is 0 Å². The second-order valence-corrected chi connectivity index (χ2v) is 7.46. The normalized spacial score (nSPS) is 16.4. The van der Waals surface area contributed by atoms with E-state index in [1.165, 1.54) is 17.0 Å². The molecule has 0 aliphatic carbocycles. The summed E-state index contributed by atoms with van der Waals surface area (Å²) >= 11 is 3.02. The lowest BCUT2D eigenvalue weighted by Crippen LogP contribution is -2.39. The SMILES string of the molecule is CSc1cc(N2CCC(N)CC2)cc2sc(C(N)=O)c(N)c12. The number of nitrogens with two attached hydrogens (primary N) is 3. The molecule has 0 spiro atoms. The third kappa shape index (κ3) is 2.64. The summed E-state index contributed by atoms with van der Waals surface area (Å²) in [5, 5.41) is 0.948. The summed E-state index contributed by atoms with van der Waals surface area (Å²) in [7, 11) is 0. The molecule has 1 saturated heterocycles. The quantitative estimate of drug-likeness (QED) is 0.747. The molecule has 3 rings (SSSR count). The van der Waals surface area contributed by atoms with Crippen LogP contribution in [0.3, 0.4) is 0 Å². The number of primary amides is 1. The number of benzene rings is 1. The Labute approximate surface area is 137 Å². The van der Waals surface area contributed by atoms with E-state index in [0.29, 0.717) is 16.6 Å². The summed E-state index contributed by atoms with van der Waals surface area (Å²) in [5.74, 6) is -0.462. The molecule has 0 unspecified atom stereocenters. The van der Waals surface area contributed by atoms with E-state index < -0.39 is 5.91 Å². The van der Waals surface area contributed by atoms with E-state index in [-0.39, 0.29) is 0 Å². The Bertz CT molecular complexity index is 720. The van der Waals surface area contributed by atoms with E-state index in [9.17, 15) is 4.79 Å². The van der Waals surface area contributed by atoms with Crippen LogP contribution in [0.1, 0.15) is 22.5 Å². The number of nitrogen functional groups attached to an aromatic ring is 1. The Morgan fingerprint density at radius 1 is 1.36 bits per heavy atom. The molecule has 2 aromatic rings.